The number of hydrogen-bond donors (Lipinski definition) is 2. The van der Waals surface area contributed by atoms with Gasteiger partial charge < -0.3 is 16.2 Å². The van der Waals surface area contributed by atoms with Crippen molar-refractivity contribution in [2.24, 2.45) is 16.5 Å². The van der Waals surface area contributed by atoms with Crippen molar-refractivity contribution in [3.63, 3.8) is 0 Å². The number of amides is 1. The van der Waals surface area contributed by atoms with Crippen LogP contribution < -0.4 is 16.2 Å². The Bertz CT molecular complexity index is 873. The molecule has 7 nitrogen and oxygen atoms in total. The van der Waals surface area contributed by atoms with Gasteiger partial charge in [-0.2, -0.15) is 22.5 Å². The SMILES string of the molecule is NC(N)=NC(=O)C1=Cc2cccc(-c3ncns3)c2OC1C(F)(F)F. The zero-order valence-electron chi connectivity index (χ0n) is 12.3. The lowest BCUT2D eigenvalue weighted by atomic mass is 9.98. The fourth-order valence-corrected chi connectivity index (χ4v) is 2.83. The molecule has 0 radical (unpaired) electrons. The Kier molecular flexibility index (Phi) is 4.17. The molecule has 1 aromatic carbocycles. The number of para-hydroxylation sites is 1. The Hall–Kier alpha value is -2.95. The Morgan fingerprint density at radius 2 is 2.08 bits per heavy atom. The number of ether oxygens (including phenoxy) is 1. The first kappa shape index (κ1) is 16.9. The number of rotatable bonds is 2. The molecular weight excluding hydrogens is 359 g/mol. The first-order valence-electron chi connectivity index (χ1n) is 6.76. The molecule has 3 rings (SSSR count). The molecule has 0 saturated heterocycles. The number of guanidine groups is 1. The highest BCUT2D eigenvalue weighted by atomic mass is 32.1. The van der Waals surface area contributed by atoms with E-state index in [0.717, 1.165) is 17.6 Å². The largest absolute Gasteiger partial charge is 0.475 e. The van der Waals surface area contributed by atoms with Crippen LogP contribution in [0.1, 0.15) is 5.56 Å². The van der Waals surface area contributed by atoms with Crippen LogP contribution >= 0.6 is 11.5 Å². The molecule has 1 amide bonds. The molecule has 0 bridgehead atoms. The fraction of sp³-hybridized carbons (Fsp3) is 0.143. The van der Waals surface area contributed by atoms with Gasteiger partial charge in [-0.15, -0.1) is 0 Å². The van der Waals surface area contributed by atoms with Crippen LogP contribution in [0.5, 0.6) is 5.75 Å². The smallest absolute Gasteiger partial charge is 0.429 e. The zero-order valence-corrected chi connectivity index (χ0v) is 13.1. The lowest BCUT2D eigenvalue weighted by molar-refractivity contribution is -0.184. The number of aromatic nitrogens is 2. The summed E-state index contributed by atoms with van der Waals surface area (Å²) in [5.74, 6) is -1.89. The molecule has 2 heterocycles. The minimum atomic E-state index is -4.84. The molecule has 130 valence electrons. The van der Waals surface area contributed by atoms with Gasteiger partial charge in [-0.25, -0.2) is 4.98 Å². The van der Waals surface area contributed by atoms with E-state index >= 15 is 0 Å². The third-order valence-electron chi connectivity index (χ3n) is 3.24. The third-order valence-corrected chi connectivity index (χ3v) is 3.94. The van der Waals surface area contributed by atoms with Crippen molar-refractivity contribution in [3.05, 3.63) is 35.7 Å². The van der Waals surface area contributed by atoms with Crippen LogP contribution in [-0.2, 0) is 4.79 Å². The van der Waals surface area contributed by atoms with Crippen LogP contribution in [-0.4, -0.2) is 33.5 Å². The molecule has 11 heteroatoms. The van der Waals surface area contributed by atoms with Crippen LogP contribution in [0.2, 0.25) is 0 Å². The van der Waals surface area contributed by atoms with Crippen LogP contribution in [0, 0.1) is 0 Å². The summed E-state index contributed by atoms with van der Waals surface area (Å²) in [6.07, 6.45) is -4.99. The van der Waals surface area contributed by atoms with E-state index in [-0.39, 0.29) is 11.3 Å². The maximum absolute atomic E-state index is 13.4. The average Bonchev–Trinajstić information content (AvgIpc) is 3.05. The predicted octanol–water partition coefficient (Wildman–Crippen LogP) is 1.71. The molecule has 1 aromatic heterocycles. The highest BCUT2D eigenvalue weighted by Gasteiger charge is 2.48. The predicted molar refractivity (Wildman–Crippen MR) is 84.6 cm³/mol. The van der Waals surface area contributed by atoms with Gasteiger partial charge in [0.1, 0.15) is 17.1 Å². The van der Waals surface area contributed by atoms with Crippen molar-refractivity contribution in [3.8, 4) is 16.3 Å². The Morgan fingerprint density at radius 1 is 1.32 bits per heavy atom. The van der Waals surface area contributed by atoms with Crippen LogP contribution in [0.3, 0.4) is 0 Å². The number of benzene rings is 1. The van der Waals surface area contributed by atoms with Crippen molar-refractivity contribution in [2.75, 3.05) is 0 Å². The van der Waals surface area contributed by atoms with E-state index in [1.54, 1.807) is 12.1 Å². The second kappa shape index (κ2) is 6.16. The highest BCUT2D eigenvalue weighted by Crippen LogP contribution is 2.42. The number of carbonyl (C=O) groups excluding carboxylic acids is 1. The van der Waals surface area contributed by atoms with Crippen molar-refractivity contribution >= 4 is 29.5 Å². The number of aliphatic imine (C=N–C) groups is 1. The molecule has 1 unspecified atom stereocenters. The molecule has 1 aliphatic heterocycles. The van der Waals surface area contributed by atoms with Gasteiger partial charge in [0.25, 0.3) is 5.91 Å². The average molecular weight is 369 g/mol. The Morgan fingerprint density at radius 3 is 2.68 bits per heavy atom. The first-order valence-corrected chi connectivity index (χ1v) is 7.53. The Labute approximate surface area is 143 Å². The van der Waals surface area contributed by atoms with Gasteiger partial charge in [-0.3, -0.25) is 4.79 Å². The van der Waals surface area contributed by atoms with Crippen molar-refractivity contribution < 1.29 is 22.7 Å². The normalized spacial score (nSPS) is 16.4. The number of halogens is 3. The molecule has 1 aliphatic rings. The summed E-state index contributed by atoms with van der Waals surface area (Å²) in [7, 11) is 0. The minimum Gasteiger partial charge on any atom is -0.475 e. The number of nitrogens with two attached hydrogens (primary N) is 2. The zero-order chi connectivity index (χ0) is 18.2. The van der Waals surface area contributed by atoms with Gasteiger partial charge in [0.2, 0.25) is 6.10 Å². The Balaban J connectivity index is 2.16. The molecule has 0 saturated carbocycles. The number of fused-ring (bicyclic) bond motifs is 1. The maximum atomic E-state index is 13.4. The monoisotopic (exact) mass is 369 g/mol. The van der Waals surface area contributed by atoms with E-state index in [2.05, 4.69) is 14.3 Å². The fourth-order valence-electron chi connectivity index (χ4n) is 2.28. The molecule has 1 atom stereocenters. The van der Waals surface area contributed by atoms with Crippen molar-refractivity contribution in [2.45, 2.75) is 12.3 Å². The lowest BCUT2D eigenvalue weighted by Crippen LogP contribution is -2.40. The second-order valence-corrected chi connectivity index (χ2v) is 5.73. The molecule has 0 aliphatic carbocycles. The molecule has 0 spiro atoms. The second-order valence-electron chi connectivity index (χ2n) is 4.95. The van der Waals surface area contributed by atoms with Crippen LogP contribution in [0.15, 0.2) is 35.1 Å². The number of hydrogen-bond acceptors (Lipinski definition) is 5. The van der Waals surface area contributed by atoms with Gasteiger partial charge in [-0.05, 0) is 23.7 Å². The summed E-state index contributed by atoms with van der Waals surface area (Å²) >= 11 is 1.01. The van der Waals surface area contributed by atoms with Gasteiger partial charge in [0, 0.05) is 5.56 Å². The van der Waals surface area contributed by atoms with E-state index in [1.807, 2.05) is 0 Å². The quantitative estimate of drug-likeness (QED) is 0.615. The summed E-state index contributed by atoms with van der Waals surface area (Å²) in [4.78, 5) is 19.1. The minimum absolute atomic E-state index is 0.0391. The van der Waals surface area contributed by atoms with Crippen LogP contribution in [0.4, 0.5) is 13.2 Å². The number of carbonyl (C=O) groups is 1. The topological polar surface area (TPSA) is 116 Å². The standard InChI is InChI=1S/C14H10F3N5O2S/c15-14(16,17)10-8(11(23)22-13(18)19)4-6-2-1-3-7(9(6)24-10)12-20-5-21-25-12/h1-5,10H,(H4,18,19,22,23). The molecule has 25 heavy (non-hydrogen) atoms. The summed E-state index contributed by atoms with van der Waals surface area (Å²) < 4.78 is 49.2. The number of nitrogens with zero attached hydrogens (tertiary/aromatic N) is 3. The van der Waals surface area contributed by atoms with Crippen molar-refractivity contribution in [1.29, 1.82) is 0 Å². The first-order chi connectivity index (χ1) is 11.8. The third kappa shape index (κ3) is 3.31. The summed E-state index contributed by atoms with van der Waals surface area (Å²) in [6.45, 7) is 0. The van der Waals surface area contributed by atoms with E-state index in [1.165, 1.54) is 12.4 Å². The number of alkyl halides is 3. The van der Waals surface area contributed by atoms with Gasteiger partial charge >= 0.3 is 6.18 Å². The lowest BCUT2D eigenvalue weighted by Gasteiger charge is -2.28. The molecule has 0 fully saturated rings. The summed E-state index contributed by atoms with van der Waals surface area (Å²) in [6, 6.07) is 4.67. The van der Waals surface area contributed by atoms with Gasteiger partial charge in [0.15, 0.2) is 5.96 Å². The van der Waals surface area contributed by atoms with Gasteiger partial charge in [0.05, 0.1) is 11.1 Å². The molecule has 2 aromatic rings. The highest BCUT2D eigenvalue weighted by molar-refractivity contribution is 7.09. The van der Waals surface area contributed by atoms with Crippen molar-refractivity contribution in [1.82, 2.24) is 9.36 Å². The van der Waals surface area contributed by atoms with Gasteiger partial charge in [-0.1, -0.05) is 12.1 Å². The van der Waals surface area contributed by atoms with Crippen LogP contribution in [0.25, 0.3) is 16.6 Å². The summed E-state index contributed by atoms with van der Waals surface area (Å²) in [5.41, 5.74) is 10.1. The van der Waals surface area contributed by atoms with E-state index in [9.17, 15) is 18.0 Å². The molecule has 4 N–H and O–H groups in total. The molecular formula is C14H10F3N5O2S. The van der Waals surface area contributed by atoms with E-state index < -0.39 is 29.7 Å². The summed E-state index contributed by atoms with van der Waals surface area (Å²) in [5, 5.41) is 0.394. The maximum Gasteiger partial charge on any atom is 0.429 e. The van der Waals surface area contributed by atoms with E-state index in [0.29, 0.717) is 10.6 Å². The van der Waals surface area contributed by atoms with E-state index in [4.69, 9.17) is 16.2 Å².